The molecule has 0 amide bonds. The second-order valence-electron chi connectivity index (χ2n) is 7.18. The van der Waals surface area contributed by atoms with E-state index in [1.807, 2.05) is 23.7 Å². The highest BCUT2D eigenvalue weighted by Crippen LogP contribution is 2.28. The summed E-state index contributed by atoms with van der Waals surface area (Å²) in [6, 6.07) is 4.12. The third kappa shape index (κ3) is 2.67. The van der Waals surface area contributed by atoms with Gasteiger partial charge >= 0.3 is 0 Å². The molecule has 26 heavy (non-hydrogen) atoms. The lowest BCUT2D eigenvalue weighted by molar-refractivity contribution is 0.617. The van der Waals surface area contributed by atoms with Crippen molar-refractivity contribution in [2.45, 2.75) is 32.6 Å². The van der Waals surface area contributed by atoms with Crippen molar-refractivity contribution in [3.63, 3.8) is 0 Å². The van der Waals surface area contributed by atoms with E-state index in [4.69, 9.17) is 5.10 Å². The summed E-state index contributed by atoms with van der Waals surface area (Å²) in [5, 5.41) is 4.72. The molecule has 7 nitrogen and oxygen atoms in total. The summed E-state index contributed by atoms with van der Waals surface area (Å²) in [6.07, 6.45) is 8.43. The minimum Gasteiger partial charge on any atom is -0.353 e. The lowest BCUT2D eigenvalue weighted by Crippen LogP contribution is -2.47. The number of aryl methyl sites for hydroxylation is 2. The van der Waals surface area contributed by atoms with Gasteiger partial charge in [0.05, 0.1) is 11.9 Å². The summed E-state index contributed by atoms with van der Waals surface area (Å²) in [7, 11) is 0. The van der Waals surface area contributed by atoms with Gasteiger partial charge in [-0.3, -0.25) is 0 Å². The van der Waals surface area contributed by atoms with Crippen LogP contribution < -0.4 is 9.80 Å². The van der Waals surface area contributed by atoms with E-state index < -0.39 is 0 Å². The van der Waals surface area contributed by atoms with Crippen molar-refractivity contribution in [2.75, 3.05) is 36.0 Å². The van der Waals surface area contributed by atoms with Crippen LogP contribution in [0.3, 0.4) is 0 Å². The lowest BCUT2D eigenvalue weighted by Gasteiger charge is -2.37. The minimum absolute atomic E-state index is 0.900. The zero-order valence-electron chi connectivity index (χ0n) is 15.1. The van der Waals surface area contributed by atoms with E-state index in [0.717, 1.165) is 62.0 Å². The fourth-order valence-electron chi connectivity index (χ4n) is 4.08. The molecular formula is C19H23N7. The highest BCUT2D eigenvalue weighted by molar-refractivity contribution is 5.52. The molecular weight excluding hydrogens is 326 g/mol. The largest absolute Gasteiger partial charge is 0.353 e. The van der Waals surface area contributed by atoms with Gasteiger partial charge < -0.3 is 9.80 Å². The Morgan fingerprint density at radius 2 is 1.73 bits per heavy atom. The molecule has 0 N–H and O–H groups in total. The second kappa shape index (κ2) is 6.23. The van der Waals surface area contributed by atoms with Gasteiger partial charge in [-0.2, -0.15) is 0 Å². The van der Waals surface area contributed by atoms with Crippen LogP contribution in [-0.2, 0) is 12.8 Å². The van der Waals surface area contributed by atoms with Crippen molar-refractivity contribution >= 4 is 17.3 Å². The number of fused-ring (bicyclic) bond motifs is 2. The van der Waals surface area contributed by atoms with E-state index >= 15 is 0 Å². The van der Waals surface area contributed by atoms with Gasteiger partial charge in [-0.1, -0.05) is 0 Å². The molecule has 0 unspecified atom stereocenters. The number of hydrogen-bond donors (Lipinski definition) is 0. The molecule has 0 aromatic carbocycles. The number of nitrogens with zero attached hydrogens (tertiary/aromatic N) is 7. The van der Waals surface area contributed by atoms with Crippen LogP contribution in [-0.4, -0.2) is 50.7 Å². The highest BCUT2D eigenvalue weighted by atomic mass is 15.4. The van der Waals surface area contributed by atoms with E-state index in [-0.39, 0.29) is 0 Å². The van der Waals surface area contributed by atoms with Gasteiger partial charge in [0.25, 0.3) is 0 Å². The van der Waals surface area contributed by atoms with Crippen molar-refractivity contribution in [3.8, 4) is 0 Å². The van der Waals surface area contributed by atoms with Gasteiger partial charge in [-0.05, 0) is 44.7 Å². The molecule has 1 saturated heterocycles. The monoisotopic (exact) mass is 349 g/mol. The van der Waals surface area contributed by atoms with Gasteiger partial charge in [0, 0.05) is 37.4 Å². The molecule has 5 rings (SSSR count). The molecule has 0 radical (unpaired) electrons. The predicted molar refractivity (Wildman–Crippen MR) is 101 cm³/mol. The summed E-state index contributed by atoms with van der Waals surface area (Å²) >= 11 is 0. The Hall–Kier alpha value is -2.70. The molecule has 2 aliphatic rings. The molecule has 1 fully saturated rings. The zero-order valence-corrected chi connectivity index (χ0v) is 15.1. The standard InChI is InChI=1S/C19H23N7/c1-14-12-26-17(22-14)6-7-18(23-26)24-8-10-25(11-9-24)19-15-4-2-3-5-16(15)20-13-21-19/h6-7,12-13H,2-5,8-11H2,1H3. The Morgan fingerprint density at radius 3 is 2.62 bits per heavy atom. The third-order valence-corrected chi connectivity index (χ3v) is 5.43. The lowest BCUT2D eigenvalue weighted by atomic mass is 9.96. The van der Waals surface area contributed by atoms with Crippen molar-refractivity contribution in [1.29, 1.82) is 0 Å². The number of aromatic nitrogens is 5. The first-order valence-corrected chi connectivity index (χ1v) is 9.43. The molecule has 0 bridgehead atoms. The maximum Gasteiger partial charge on any atom is 0.153 e. The molecule has 0 spiro atoms. The summed E-state index contributed by atoms with van der Waals surface area (Å²) in [5.74, 6) is 2.17. The van der Waals surface area contributed by atoms with Crippen LogP contribution in [0.4, 0.5) is 11.6 Å². The summed E-state index contributed by atoms with van der Waals surface area (Å²) < 4.78 is 1.87. The van der Waals surface area contributed by atoms with Crippen LogP contribution in [0.2, 0.25) is 0 Å². The Bertz CT molecular complexity index is 940. The van der Waals surface area contributed by atoms with E-state index in [1.54, 1.807) is 6.33 Å². The zero-order chi connectivity index (χ0) is 17.5. The first kappa shape index (κ1) is 15.5. The molecule has 1 aliphatic carbocycles. The Kier molecular flexibility index (Phi) is 3.72. The summed E-state index contributed by atoms with van der Waals surface area (Å²) in [4.78, 5) is 18.3. The Balaban J connectivity index is 1.34. The van der Waals surface area contributed by atoms with Crippen LogP contribution in [0.1, 0.15) is 29.8 Å². The summed E-state index contributed by atoms with van der Waals surface area (Å²) in [6.45, 7) is 5.82. The molecule has 0 saturated carbocycles. The van der Waals surface area contributed by atoms with Crippen molar-refractivity contribution < 1.29 is 0 Å². The fraction of sp³-hybridized carbons (Fsp3) is 0.474. The molecule has 1 aliphatic heterocycles. The van der Waals surface area contributed by atoms with Crippen LogP contribution >= 0.6 is 0 Å². The Labute approximate surface area is 152 Å². The van der Waals surface area contributed by atoms with Crippen LogP contribution in [0, 0.1) is 6.92 Å². The van der Waals surface area contributed by atoms with Crippen LogP contribution in [0.5, 0.6) is 0 Å². The average molecular weight is 349 g/mol. The third-order valence-electron chi connectivity index (χ3n) is 5.43. The predicted octanol–water partition coefficient (Wildman–Crippen LogP) is 2.03. The van der Waals surface area contributed by atoms with E-state index in [1.165, 1.54) is 24.1 Å². The fourth-order valence-corrected chi connectivity index (χ4v) is 4.08. The normalized spacial score (nSPS) is 17.6. The maximum absolute atomic E-state index is 4.72. The van der Waals surface area contributed by atoms with E-state index in [9.17, 15) is 0 Å². The van der Waals surface area contributed by atoms with Crippen LogP contribution in [0.25, 0.3) is 5.65 Å². The minimum atomic E-state index is 0.900. The number of piperazine rings is 1. The molecule has 3 aromatic heterocycles. The average Bonchev–Trinajstić information content (AvgIpc) is 3.07. The topological polar surface area (TPSA) is 62.5 Å². The van der Waals surface area contributed by atoms with E-state index in [0.29, 0.717) is 0 Å². The van der Waals surface area contributed by atoms with Gasteiger partial charge in [-0.15, -0.1) is 5.10 Å². The van der Waals surface area contributed by atoms with Crippen LogP contribution in [0.15, 0.2) is 24.7 Å². The molecule has 7 heteroatoms. The Morgan fingerprint density at radius 1 is 0.923 bits per heavy atom. The van der Waals surface area contributed by atoms with Gasteiger partial charge in [0.2, 0.25) is 0 Å². The quantitative estimate of drug-likeness (QED) is 0.705. The molecule has 3 aromatic rings. The van der Waals surface area contributed by atoms with Gasteiger partial charge in [0.15, 0.2) is 5.65 Å². The number of rotatable bonds is 2. The summed E-state index contributed by atoms with van der Waals surface area (Å²) in [5.41, 5.74) is 4.53. The number of imidazole rings is 1. The first-order valence-electron chi connectivity index (χ1n) is 9.43. The maximum atomic E-state index is 4.72. The molecule has 4 heterocycles. The van der Waals surface area contributed by atoms with E-state index in [2.05, 4.69) is 30.8 Å². The smallest absolute Gasteiger partial charge is 0.153 e. The highest BCUT2D eigenvalue weighted by Gasteiger charge is 2.24. The SMILES string of the molecule is Cc1cn2nc(N3CCN(c4ncnc5c4CCCC5)CC3)ccc2n1. The molecule has 0 atom stereocenters. The number of anilines is 2. The number of hydrogen-bond acceptors (Lipinski definition) is 6. The van der Waals surface area contributed by atoms with Gasteiger partial charge in [0.1, 0.15) is 18.0 Å². The molecule has 134 valence electrons. The van der Waals surface area contributed by atoms with Crippen molar-refractivity contribution in [2.24, 2.45) is 0 Å². The van der Waals surface area contributed by atoms with Crippen molar-refractivity contribution in [3.05, 3.63) is 41.6 Å². The first-order chi connectivity index (χ1) is 12.8. The second-order valence-corrected chi connectivity index (χ2v) is 7.18. The van der Waals surface area contributed by atoms with Gasteiger partial charge in [-0.25, -0.2) is 19.5 Å². The van der Waals surface area contributed by atoms with Crippen molar-refractivity contribution in [1.82, 2.24) is 24.6 Å².